The Balaban J connectivity index is 1.94. The van der Waals surface area contributed by atoms with Crippen LogP contribution in [-0.2, 0) is 4.79 Å². The predicted molar refractivity (Wildman–Crippen MR) is 74.6 cm³/mol. The third kappa shape index (κ3) is 4.01. The molecule has 2 N–H and O–H groups in total. The van der Waals surface area contributed by atoms with Crippen molar-refractivity contribution in [2.75, 3.05) is 17.2 Å². The van der Waals surface area contributed by atoms with Crippen LogP contribution >= 0.6 is 0 Å². The number of amides is 1. The van der Waals surface area contributed by atoms with Gasteiger partial charge in [0.05, 0.1) is 23.9 Å². The fourth-order valence-corrected chi connectivity index (χ4v) is 1.68. The van der Waals surface area contributed by atoms with Crippen LogP contribution in [0, 0.1) is 23.0 Å². The smallest absolute Gasteiger partial charge is 0.243 e. The summed E-state index contributed by atoms with van der Waals surface area (Å²) in [6.07, 6.45) is 0. The van der Waals surface area contributed by atoms with E-state index >= 15 is 0 Å². The van der Waals surface area contributed by atoms with Gasteiger partial charge in [-0.3, -0.25) is 4.79 Å². The quantitative estimate of drug-likeness (QED) is 0.908. The van der Waals surface area contributed by atoms with Gasteiger partial charge in [0.25, 0.3) is 0 Å². The first-order valence-corrected chi connectivity index (χ1v) is 6.07. The lowest BCUT2D eigenvalue weighted by atomic mass is 10.2. The molecular weight excluding hydrogens is 276 g/mol. The van der Waals surface area contributed by atoms with Crippen LogP contribution in [0.4, 0.5) is 20.2 Å². The Bertz CT molecular complexity index is 710. The maximum Gasteiger partial charge on any atom is 0.243 e. The van der Waals surface area contributed by atoms with Gasteiger partial charge in [-0.2, -0.15) is 5.26 Å². The van der Waals surface area contributed by atoms with Crippen LogP contribution in [0.15, 0.2) is 42.5 Å². The monoisotopic (exact) mass is 287 g/mol. The molecule has 106 valence electrons. The number of hydrogen-bond acceptors (Lipinski definition) is 3. The molecule has 6 heteroatoms. The van der Waals surface area contributed by atoms with E-state index in [1.807, 2.05) is 6.07 Å². The molecule has 2 rings (SSSR count). The zero-order valence-electron chi connectivity index (χ0n) is 10.9. The molecule has 0 heterocycles. The third-order valence-electron chi connectivity index (χ3n) is 2.65. The molecule has 0 fully saturated rings. The summed E-state index contributed by atoms with van der Waals surface area (Å²) >= 11 is 0. The molecule has 0 aromatic heterocycles. The van der Waals surface area contributed by atoms with Gasteiger partial charge >= 0.3 is 0 Å². The lowest BCUT2D eigenvalue weighted by Gasteiger charge is -2.08. The van der Waals surface area contributed by atoms with Crippen molar-refractivity contribution in [3.63, 3.8) is 0 Å². The summed E-state index contributed by atoms with van der Waals surface area (Å²) in [5, 5.41) is 13.9. The Morgan fingerprint density at radius 3 is 2.71 bits per heavy atom. The minimum atomic E-state index is -0.769. The lowest BCUT2D eigenvalue weighted by molar-refractivity contribution is -0.114. The summed E-state index contributed by atoms with van der Waals surface area (Å²) in [5.41, 5.74) is 0.933. The Labute approximate surface area is 120 Å². The highest BCUT2D eigenvalue weighted by Gasteiger charge is 2.06. The van der Waals surface area contributed by atoms with Gasteiger partial charge in [-0.15, -0.1) is 0 Å². The largest absolute Gasteiger partial charge is 0.374 e. The van der Waals surface area contributed by atoms with Crippen LogP contribution in [-0.4, -0.2) is 12.5 Å². The lowest BCUT2D eigenvalue weighted by Crippen LogP contribution is -2.22. The minimum absolute atomic E-state index is 0.0392. The van der Waals surface area contributed by atoms with Crippen LogP contribution in [0.3, 0.4) is 0 Å². The summed E-state index contributed by atoms with van der Waals surface area (Å²) in [5.74, 6) is -1.86. The number of benzene rings is 2. The highest BCUT2D eigenvalue weighted by molar-refractivity contribution is 5.93. The molecule has 2 aromatic rings. The van der Waals surface area contributed by atoms with Crippen LogP contribution in [0.5, 0.6) is 0 Å². The number of anilines is 2. The second kappa shape index (κ2) is 6.48. The highest BCUT2D eigenvalue weighted by Crippen LogP contribution is 2.15. The Hall–Kier alpha value is -2.94. The minimum Gasteiger partial charge on any atom is -0.374 e. The Kier molecular flexibility index (Phi) is 4.46. The average molecular weight is 287 g/mol. The van der Waals surface area contributed by atoms with Gasteiger partial charge in [-0.1, -0.05) is 6.07 Å². The summed E-state index contributed by atoms with van der Waals surface area (Å²) in [6, 6.07) is 11.4. The van der Waals surface area contributed by atoms with Crippen molar-refractivity contribution in [2.24, 2.45) is 0 Å². The number of rotatable bonds is 4. The van der Waals surface area contributed by atoms with Crippen LogP contribution in [0.25, 0.3) is 0 Å². The molecule has 0 radical (unpaired) electrons. The van der Waals surface area contributed by atoms with E-state index in [0.717, 1.165) is 12.1 Å². The molecule has 0 bridgehead atoms. The van der Waals surface area contributed by atoms with Gasteiger partial charge in [0.15, 0.2) is 0 Å². The summed E-state index contributed by atoms with van der Waals surface area (Å²) in [6.45, 7) is -0.181. The molecule has 0 saturated heterocycles. The van der Waals surface area contributed by atoms with Gasteiger partial charge in [0.2, 0.25) is 5.91 Å². The Morgan fingerprint density at radius 2 is 2.00 bits per heavy atom. The van der Waals surface area contributed by atoms with Crippen LogP contribution in [0.2, 0.25) is 0 Å². The fourth-order valence-electron chi connectivity index (χ4n) is 1.68. The van der Waals surface area contributed by atoms with Crippen molar-refractivity contribution >= 4 is 17.3 Å². The van der Waals surface area contributed by atoms with Crippen molar-refractivity contribution in [3.8, 4) is 6.07 Å². The number of carbonyl (C=O) groups is 1. The zero-order chi connectivity index (χ0) is 15.2. The first-order valence-electron chi connectivity index (χ1n) is 6.07. The second-order valence-corrected chi connectivity index (χ2v) is 4.22. The van der Waals surface area contributed by atoms with E-state index in [4.69, 9.17) is 5.26 Å². The van der Waals surface area contributed by atoms with E-state index in [9.17, 15) is 13.6 Å². The van der Waals surface area contributed by atoms with Crippen molar-refractivity contribution in [1.29, 1.82) is 5.26 Å². The third-order valence-corrected chi connectivity index (χ3v) is 2.65. The van der Waals surface area contributed by atoms with Crippen molar-refractivity contribution < 1.29 is 13.6 Å². The van der Waals surface area contributed by atoms with Gasteiger partial charge in [-0.05, 0) is 30.3 Å². The van der Waals surface area contributed by atoms with E-state index in [0.29, 0.717) is 11.3 Å². The van der Waals surface area contributed by atoms with Gasteiger partial charge in [0, 0.05) is 11.8 Å². The number of halogens is 2. The molecular formula is C15H11F2N3O. The van der Waals surface area contributed by atoms with Crippen LogP contribution in [0.1, 0.15) is 5.56 Å². The SMILES string of the molecule is N#Cc1cccc(NC(=O)CNc2ccc(F)cc2F)c1. The standard InChI is InChI=1S/C15H11F2N3O/c16-11-4-5-14(13(17)7-11)19-9-15(21)20-12-3-1-2-10(6-12)8-18/h1-7,19H,9H2,(H,20,21). The summed E-state index contributed by atoms with van der Waals surface area (Å²) in [7, 11) is 0. The van der Waals surface area contributed by atoms with Crippen LogP contribution < -0.4 is 10.6 Å². The van der Waals surface area contributed by atoms with Crippen molar-refractivity contribution in [2.45, 2.75) is 0 Å². The topological polar surface area (TPSA) is 64.9 Å². The van der Waals surface area contributed by atoms with Crippen molar-refractivity contribution in [1.82, 2.24) is 0 Å². The molecule has 0 atom stereocenters. The number of nitrogens with one attached hydrogen (secondary N) is 2. The molecule has 21 heavy (non-hydrogen) atoms. The van der Waals surface area contributed by atoms with Gasteiger partial charge in [0.1, 0.15) is 11.6 Å². The van der Waals surface area contributed by atoms with E-state index in [1.54, 1.807) is 18.2 Å². The molecule has 2 aromatic carbocycles. The molecule has 0 saturated carbocycles. The van der Waals surface area contributed by atoms with Crippen molar-refractivity contribution in [3.05, 3.63) is 59.7 Å². The first-order chi connectivity index (χ1) is 10.1. The molecule has 0 aliphatic carbocycles. The molecule has 0 spiro atoms. The van der Waals surface area contributed by atoms with E-state index in [2.05, 4.69) is 10.6 Å². The van der Waals surface area contributed by atoms with E-state index in [-0.39, 0.29) is 12.2 Å². The number of hydrogen-bond donors (Lipinski definition) is 2. The summed E-state index contributed by atoms with van der Waals surface area (Å²) in [4.78, 5) is 11.7. The molecule has 0 aliphatic heterocycles. The fraction of sp³-hybridized carbons (Fsp3) is 0.0667. The van der Waals surface area contributed by atoms with E-state index in [1.165, 1.54) is 12.1 Å². The highest BCUT2D eigenvalue weighted by atomic mass is 19.1. The molecule has 1 amide bonds. The first kappa shape index (κ1) is 14.5. The van der Waals surface area contributed by atoms with Gasteiger partial charge < -0.3 is 10.6 Å². The van der Waals surface area contributed by atoms with Gasteiger partial charge in [-0.25, -0.2) is 8.78 Å². The molecule has 0 aliphatic rings. The average Bonchev–Trinajstić information content (AvgIpc) is 2.46. The number of carbonyl (C=O) groups excluding carboxylic acids is 1. The molecule has 4 nitrogen and oxygen atoms in total. The normalized spacial score (nSPS) is 9.76. The summed E-state index contributed by atoms with van der Waals surface area (Å²) < 4.78 is 26.1. The maximum absolute atomic E-state index is 13.4. The number of nitriles is 1. The maximum atomic E-state index is 13.4. The zero-order valence-corrected chi connectivity index (χ0v) is 10.9. The number of nitrogens with zero attached hydrogens (tertiary/aromatic N) is 1. The molecule has 0 unspecified atom stereocenters. The predicted octanol–water partition coefficient (Wildman–Crippen LogP) is 2.89. The second-order valence-electron chi connectivity index (χ2n) is 4.22. The Morgan fingerprint density at radius 1 is 1.19 bits per heavy atom. The van der Waals surface area contributed by atoms with E-state index < -0.39 is 17.5 Å².